The largest absolute Gasteiger partial charge is 0.284 e. The number of aryl methyl sites for hydroxylation is 2. The first-order valence-electron chi connectivity index (χ1n) is 4.94. The average molecular weight is 252 g/mol. The van der Waals surface area contributed by atoms with E-state index in [1.165, 1.54) is 12.4 Å². The summed E-state index contributed by atoms with van der Waals surface area (Å²) in [6.45, 7) is 3.69. The summed E-state index contributed by atoms with van der Waals surface area (Å²) in [4.78, 5) is 4.19. The fourth-order valence-corrected chi connectivity index (χ4v) is 2.37. The zero-order valence-corrected chi connectivity index (χ0v) is 10.2. The third kappa shape index (κ3) is 2.62. The second-order valence-electron chi connectivity index (χ2n) is 3.71. The smallest absolute Gasteiger partial charge is 0.266 e. The fraction of sp³-hybridized carbons (Fsp3) is 0.200. The SMILES string of the molecule is Cc1cc(C)nc(NS(=O)(=O)c2cn[nH]c2)c1. The van der Waals surface area contributed by atoms with Gasteiger partial charge in [-0.3, -0.25) is 9.82 Å². The zero-order valence-electron chi connectivity index (χ0n) is 9.43. The highest BCUT2D eigenvalue weighted by Gasteiger charge is 2.15. The number of nitrogens with zero attached hydrogens (tertiary/aromatic N) is 2. The first-order valence-corrected chi connectivity index (χ1v) is 6.42. The van der Waals surface area contributed by atoms with Gasteiger partial charge in [0.15, 0.2) is 0 Å². The summed E-state index contributed by atoms with van der Waals surface area (Å²) < 4.78 is 26.2. The van der Waals surface area contributed by atoms with Crippen molar-refractivity contribution >= 4 is 15.8 Å². The Morgan fingerprint density at radius 2 is 2.06 bits per heavy atom. The fourth-order valence-electron chi connectivity index (χ4n) is 1.48. The number of hydrogen-bond donors (Lipinski definition) is 2. The number of pyridine rings is 1. The molecule has 0 amide bonds. The van der Waals surface area contributed by atoms with Gasteiger partial charge in [-0.15, -0.1) is 0 Å². The Kier molecular flexibility index (Phi) is 2.84. The molecular weight excluding hydrogens is 240 g/mol. The predicted octanol–water partition coefficient (Wildman–Crippen LogP) is 1.22. The van der Waals surface area contributed by atoms with Gasteiger partial charge in [0.05, 0.1) is 6.20 Å². The minimum atomic E-state index is -3.61. The number of hydrogen-bond acceptors (Lipinski definition) is 4. The molecule has 0 aromatic carbocycles. The van der Waals surface area contributed by atoms with Gasteiger partial charge in [-0.1, -0.05) is 0 Å². The van der Waals surface area contributed by atoms with Gasteiger partial charge in [0, 0.05) is 11.9 Å². The van der Waals surface area contributed by atoms with E-state index < -0.39 is 10.0 Å². The zero-order chi connectivity index (χ0) is 12.5. The van der Waals surface area contributed by atoms with Crippen LogP contribution in [0.5, 0.6) is 0 Å². The van der Waals surface area contributed by atoms with Crippen LogP contribution >= 0.6 is 0 Å². The van der Waals surface area contributed by atoms with Crippen LogP contribution in [0.4, 0.5) is 5.82 Å². The lowest BCUT2D eigenvalue weighted by Gasteiger charge is -2.06. The molecule has 0 radical (unpaired) electrons. The molecule has 2 aromatic heterocycles. The maximum Gasteiger partial charge on any atom is 0.266 e. The summed E-state index contributed by atoms with van der Waals surface area (Å²) in [5.74, 6) is 0.309. The molecule has 0 aliphatic rings. The van der Waals surface area contributed by atoms with Crippen LogP contribution in [-0.2, 0) is 10.0 Å². The van der Waals surface area contributed by atoms with Crippen LogP contribution in [0.3, 0.4) is 0 Å². The van der Waals surface area contributed by atoms with Crippen molar-refractivity contribution in [2.75, 3.05) is 4.72 Å². The molecule has 0 bridgehead atoms. The van der Waals surface area contributed by atoms with Crippen molar-refractivity contribution in [1.29, 1.82) is 0 Å². The van der Waals surface area contributed by atoms with Crippen molar-refractivity contribution in [3.05, 3.63) is 35.8 Å². The third-order valence-electron chi connectivity index (χ3n) is 2.12. The van der Waals surface area contributed by atoms with Crippen LogP contribution in [-0.4, -0.2) is 23.6 Å². The standard InChI is InChI=1S/C10H12N4O2S/c1-7-3-8(2)13-10(4-7)14-17(15,16)9-5-11-12-6-9/h3-6H,1-2H3,(H,11,12)(H,13,14). The lowest BCUT2D eigenvalue weighted by Crippen LogP contribution is -2.13. The topological polar surface area (TPSA) is 87.7 Å². The summed E-state index contributed by atoms with van der Waals surface area (Å²) in [5.41, 5.74) is 1.71. The summed E-state index contributed by atoms with van der Waals surface area (Å²) >= 11 is 0. The molecule has 90 valence electrons. The Bertz CT molecular complexity index is 600. The molecule has 7 heteroatoms. The van der Waals surface area contributed by atoms with E-state index in [4.69, 9.17) is 0 Å². The highest BCUT2D eigenvalue weighted by Crippen LogP contribution is 2.14. The van der Waals surface area contributed by atoms with Gasteiger partial charge < -0.3 is 0 Å². The molecular formula is C10H12N4O2S. The van der Waals surface area contributed by atoms with Crippen molar-refractivity contribution in [1.82, 2.24) is 15.2 Å². The Morgan fingerprint density at radius 3 is 2.65 bits per heavy atom. The molecule has 17 heavy (non-hydrogen) atoms. The number of aromatic nitrogens is 3. The molecule has 0 saturated carbocycles. The van der Waals surface area contributed by atoms with Crippen molar-refractivity contribution in [2.45, 2.75) is 18.7 Å². The number of sulfonamides is 1. The van der Waals surface area contributed by atoms with Crippen molar-refractivity contribution in [2.24, 2.45) is 0 Å². The number of nitrogens with one attached hydrogen (secondary N) is 2. The van der Waals surface area contributed by atoms with Gasteiger partial charge in [-0.05, 0) is 31.5 Å². The molecule has 0 fully saturated rings. The van der Waals surface area contributed by atoms with E-state index in [1.807, 2.05) is 19.9 Å². The van der Waals surface area contributed by atoms with Crippen molar-refractivity contribution in [3.8, 4) is 0 Å². The van der Waals surface area contributed by atoms with Crippen LogP contribution in [0.1, 0.15) is 11.3 Å². The van der Waals surface area contributed by atoms with Crippen LogP contribution in [0.2, 0.25) is 0 Å². The number of anilines is 1. The van der Waals surface area contributed by atoms with Gasteiger partial charge in [-0.2, -0.15) is 5.10 Å². The van der Waals surface area contributed by atoms with Gasteiger partial charge in [0.2, 0.25) is 0 Å². The Labute approximate surface area is 99.1 Å². The maximum atomic E-state index is 11.9. The monoisotopic (exact) mass is 252 g/mol. The molecule has 0 saturated heterocycles. The Balaban J connectivity index is 2.33. The second kappa shape index (κ2) is 4.17. The average Bonchev–Trinajstić information content (AvgIpc) is 2.67. The van der Waals surface area contributed by atoms with E-state index >= 15 is 0 Å². The van der Waals surface area contributed by atoms with E-state index in [0.717, 1.165) is 11.3 Å². The summed E-state index contributed by atoms with van der Waals surface area (Å²) in [7, 11) is -3.61. The molecule has 2 rings (SSSR count). The number of rotatable bonds is 3. The second-order valence-corrected chi connectivity index (χ2v) is 5.39. The van der Waals surface area contributed by atoms with E-state index in [0.29, 0.717) is 5.82 Å². The van der Waals surface area contributed by atoms with Crippen LogP contribution < -0.4 is 4.72 Å². The van der Waals surface area contributed by atoms with Gasteiger partial charge in [-0.25, -0.2) is 13.4 Å². The third-order valence-corrected chi connectivity index (χ3v) is 3.44. The van der Waals surface area contributed by atoms with Crippen molar-refractivity contribution < 1.29 is 8.42 Å². The molecule has 2 aromatic rings. The minimum Gasteiger partial charge on any atom is -0.284 e. The van der Waals surface area contributed by atoms with E-state index in [-0.39, 0.29) is 4.90 Å². The summed E-state index contributed by atoms with van der Waals surface area (Å²) in [6, 6.07) is 3.54. The molecule has 0 unspecified atom stereocenters. The lowest BCUT2D eigenvalue weighted by molar-refractivity contribution is 0.601. The van der Waals surface area contributed by atoms with Gasteiger partial charge >= 0.3 is 0 Å². The van der Waals surface area contributed by atoms with Gasteiger partial charge in [0.1, 0.15) is 10.7 Å². The molecule has 0 aliphatic carbocycles. The predicted molar refractivity (Wildman–Crippen MR) is 63.1 cm³/mol. The van der Waals surface area contributed by atoms with E-state index in [9.17, 15) is 8.42 Å². The van der Waals surface area contributed by atoms with Crippen LogP contribution in [0.25, 0.3) is 0 Å². The number of aromatic amines is 1. The highest BCUT2D eigenvalue weighted by molar-refractivity contribution is 7.92. The first kappa shape index (κ1) is 11.6. The molecule has 0 aliphatic heterocycles. The Hall–Kier alpha value is -1.89. The first-order chi connectivity index (χ1) is 7.97. The molecule has 0 atom stereocenters. The van der Waals surface area contributed by atoms with Gasteiger partial charge in [0.25, 0.3) is 10.0 Å². The Morgan fingerprint density at radius 1 is 1.29 bits per heavy atom. The highest BCUT2D eigenvalue weighted by atomic mass is 32.2. The summed E-state index contributed by atoms with van der Waals surface area (Å²) in [5, 5.41) is 6.06. The lowest BCUT2D eigenvalue weighted by atomic mass is 10.2. The summed E-state index contributed by atoms with van der Waals surface area (Å²) in [6.07, 6.45) is 2.55. The normalized spacial score (nSPS) is 11.4. The molecule has 0 spiro atoms. The molecule has 6 nitrogen and oxygen atoms in total. The van der Waals surface area contributed by atoms with Crippen LogP contribution in [0.15, 0.2) is 29.4 Å². The quantitative estimate of drug-likeness (QED) is 0.859. The minimum absolute atomic E-state index is 0.0819. The van der Waals surface area contributed by atoms with E-state index in [1.54, 1.807) is 6.07 Å². The van der Waals surface area contributed by atoms with Crippen molar-refractivity contribution in [3.63, 3.8) is 0 Å². The number of H-pyrrole nitrogens is 1. The molecule has 2 heterocycles. The maximum absolute atomic E-state index is 11.9. The van der Waals surface area contributed by atoms with Crippen LogP contribution in [0, 0.1) is 13.8 Å². The molecule has 2 N–H and O–H groups in total. The van der Waals surface area contributed by atoms with E-state index in [2.05, 4.69) is 19.9 Å².